The lowest BCUT2D eigenvalue weighted by atomic mass is 10.00. The highest BCUT2D eigenvalue weighted by atomic mass is 35.5. The van der Waals surface area contributed by atoms with Crippen LogP contribution in [0.25, 0.3) is 16.1 Å². The van der Waals surface area contributed by atoms with Gasteiger partial charge in [-0.15, -0.1) is 11.3 Å². The first-order valence-corrected chi connectivity index (χ1v) is 10.9. The van der Waals surface area contributed by atoms with E-state index >= 15 is 0 Å². The molecule has 1 aromatic carbocycles. The molecule has 1 amide bonds. The number of rotatable bonds is 5. The predicted molar refractivity (Wildman–Crippen MR) is 117 cm³/mol. The van der Waals surface area contributed by atoms with Gasteiger partial charge < -0.3 is 5.32 Å². The van der Waals surface area contributed by atoms with E-state index < -0.39 is 5.67 Å². The first-order valence-electron chi connectivity index (χ1n) is 8.97. The molecular weight excluding hydrogens is 456 g/mol. The fourth-order valence-electron chi connectivity index (χ4n) is 2.86. The van der Waals surface area contributed by atoms with Gasteiger partial charge >= 0.3 is 0 Å². The summed E-state index contributed by atoms with van der Waals surface area (Å²) in [6.45, 7) is 2.89. The minimum Gasteiger partial charge on any atom is -0.349 e. The lowest BCUT2D eigenvalue weighted by Crippen LogP contribution is -2.25. The number of amides is 1. The van der Waals surface area contributed by atoms with E-state index in [2.05, 4.69) is 10.4 Å². The standard InChI is InChI=1S/C20H17Cl3FN3OS/c1-20(2,24)11-5-14(21)17(15(22)6-11)27-9-10(8-25-27)16-7-13(18(23)29-16)19(28)26-12-3-4-12/h5-9,12H,3-4H2,1-2H3,(H,26,28). The number of alkyl halides is 1. The van der Waals surface area contributed by atoms with Gasteiger partial charge in [0.1, 0.15) is 15.7 Å². The summed E-state index contributed by atoms with van der Waals surface area (Å²) >= 11 is 20.3. The summed E-state index contributed by atoms with van der Waals surface area (Å²) in [5.74, 6) is -0.164. The number of benzene rings is 1. The normalized spacial score (nSPS) is 14.3. The Kier molecular flexibility index (Phi) is 5.40. The second kappa shape index (κ2) is 7.58. The van der Waals surface area contributed by atoms with E-state index in [0.29, 0.717) is 31.2 Å². The van der Waals surface area contributed by atoms with Crippen LogP contribution in [0.2, 0.25) is 14.4 Å². The second-order valence-electron chi connectivity index (χ2n) is 7.48. The van der Waals surface area contributed by atoms with E-state index in [1.54, 1.807) is 30.6 Å². The van der Waals surface area contributed by atoms with Crippen LogP contribution in [0, 0.1) is 0 Å². The highest BCUT2D eigenvalue weighted by molar-refractivity contribution is 7.19. The summed E-state index contributed by atoms with van der Waals surface area (Å²) in [6.07, 6.45) is 5.41. The molecule has 0 radical (unpaired) electrons. The smallest absolute Gasteiger partial charge is 0.253 e. The van der Waals surface area contributed by atoms with E-state index in [-0.39, 0.29) is 11.9 Å². The van der Waals surface area contributed by atoms with Crippen LogP contribution in [0.4, 0.5) is 4.39 Å². The maximum Gasteiger partial charge on any atom is 0.253 e. The van der Waals surface area contributed by atoms with Gasteiger partial charge in [0.05, 0.1) is 21.8 Å². The molecule has 1 N–H and O–H groups in total. The number of halogens is 4. The zero-order valence-corrected chi connectivity index (χ0v) is 18.7. The van der Waals surface area contributed by atoms with Crippen molar-refractivity contribution < 1.29 is 9.18 Å². The number of carbonyl (C=O) groups excluding carboxylic acids is 1. The predicted octanol–water partition coefficient (Wildman–Crippen LogP) is 6.66. The third kappa shape index (κ3) is 4.31. The summed E-state index contributed by atoms with van der Waals surface area (Å²) in [5, 5.41) is 7.86. The van der Waals surface area contributed by atoms with Crippen LogP contribution in [0.15, 0.2) is 30.6 Å². The Morgan fingerprint density at radius 3 is 2.48 bits per heavy atom. The lowest BCUT2D eigenvalue weighted by Gasteiger charge is -2.17. The molecule has 1 fully saturated rings. The largest absolute Gasteiger partial charge is 0.349 e. The summed E-state index contributed by atoms with van der Waals surface area (Å²) in [6, 6.07) is 5.11. The maximum atomic E-state index is 14.2. The van der Waals surface area contributed by atoms with E-state index in [4.69, 9.17) is 34.8 Å². The van der Waals surface area contributed by atoms with Crippen LogP contribution in [0.1, 0.15) is 42.6 Å². The van der Waals surface area contributed by atoms with Crippen molar-refractivity contribution >= 4 is 52.0 Å². The van der Waals surface area contributed by atoms with E-state index in [1.165, 1.54) is 29.9 Å². The number of carbonyl (C=O) groups is 1. The molecule has 2 heterocycles. The van der Waals surface area contributed by atoms with Crippen molar-refractivity contribution in [3.8, 4) is 16.1 Å². The third-order valence-electron chi connectivity index (χ3n) is 4.64. The minimum absolute atomic E-state index is 0.164. The minimum atomic E-state index is -1.56. The van der Waals surface area contributed by atoms with Crippen molar-refractivity contribution in [2.45, 2.75) is 38.4 Å². The molecule has 0 unspecified atom stereocenters. The number of hydrogen-bond acceptors (Lipinski definition) is 3. The van der Waals surface area contributed by atoms with Gasteiger partial charge in [0, 0.05) is 22.7 Å². The van der Waals surface area contributed by atoms with Crippen LogP contribution in [-0.4, -0.2) is 21.7 Å². The molecular formula is C20H17Cl3FN3OS. The topological polar surface area (TPSA) is 46.9 Å². The van der Waals surface area contributed by atoms with Gasteiger partial charge in [0.25, 0.3) is 5.91 Å². The molecule has 0 atom stereocenters. The average Bonchev–Trinajstić information content (AvgIpc) is 3.14. The molecule has 0 aliphatic heterocycles. The molecule has 2 aromatic heterocycles. The van der Waals surface area contributed by atoms with Gasteiger partial charge in [-0.3, -0.25) is 4.79 Å². The Balaban J connectivity index is 1.65. The molecule has 4 rings (SSSR count). The van der Waals surface area contributed by atoms with Crippen molar-refractivity contribution in [2.24, 2.45) is 0 Å². The molecule has 9 heteroatoms. The number of nitrogens with zero attached hydrogens (tertiary/aromatic N) is 2. The number of aromatic nitrogens is 2. The number of nitrogens with one attached hydrogen (secondary N) is 1. The fourth-order valence-corrected chi connectivity index (χ4v) is 4.76. The highest BCUT2D eigenvalue weighted by Crippen LogP contribution is 2.38. The van der Waals surface area contributed by atoms with E-state index in [1.807, 2.05) is 0 Å². The average molecular weight is 473 g/mol. The molecule has 1 saturated carbocycles. The van der Waals surface area contributed by atoms with Crippen LogP contribution in [0.5, 0.6) is 0 Å². The third-order valence-corrected chi connectivity index (χ3v) is 6.63. The van der Waals surface area contributed by atoms with Crippen molar-refractivity contribution in [1.82, 2.24) is 15.1 Å². The Morgan fingerprint density at radius 2 is 1.90 bits per heavy atom. The van der Waals surface area contributed by atoms with Gasteiger partial charge in [-0.1, -0.05) is 34.8 Å². The van der Waals surface area contributed by atoms with Crippen molar-refractivity contribution in [3.05, 3.63) is 56.1 Å². The summed E-state index contributed by atoms with van der Waals surface area (Å²) < 4.78 is 16.2. The number of thiophene rings is 1. The van der Waals surface area contributed by atoms with Crippen LogP contribution >= 0.6 is 46.1 Å². The van der Waals surface area contributed by atoms with Gasteiger partial charge in [-0.05, 0) is 50.5 Å². The van der Waals surface area contributed by atoms with E-state index in [9.17, 15) is 9.18 Å². The highest BCUT2D eigenvalue weighted by Gasteiger charge is 2.26. The summed E-state index contributed by atoms with van der Waals surface area (Å²) in [7, 11) is 0. The first-order chi connectivity index (χ1) is 13.6. The molecule has 1 aliphatic rings. The lowest BCUT2D eigenvalue weighted by molar-refractivity contribution is 0.0951. The maximum absolute atomic E-state index is 14.2. The zero-order valence-electron chi connectivity index (χ0n) is 15.6. The SMILES string of the molecule is CC(C)(F)c1cc(Cl)c(-n2cc(-c3cc(C(=O)NC4CC4)c(Cl)s3)cn2)c(Cl)c1. The Bertz CT molecular complexity index is 1080. The van der Waals surface area contributed by atoms with Crippen molar-refractivity contribution in [2.75, 3.05) is 0 Å². The Morgan fingerprint density at radius 1 is 1.24 bits per heavy atom. The monoisotopic (exact) mass is 471 g/mol. The van der Waals surface area contributed by atoms with Gasteiger partial charge in [-0.25, -0.2) is 9.07 Å². The quantitative estimate of drug-likeness (QED) is 0.451. The molecule has 29 heavy (non-hydrogen) atoms. The Labute approximate surface area is 186 Å². The molecule has 3 aromatic rings. The Hall–Kier alpha value is -1.60. The van der Waals surface area contributed by atoms with E-state index in [0.717, 1.165) is 23.3 Å². The van der Waals surface area contributed by atoms with Crippen LogP contribution in [0.3, 0.4) is 0 Å². The summed E-state index contributed by atoms with van der Waals surface area (Å²) in [4.78, 5) is 13.1. The molecule has 0 saturated heterocycles. The van der Waals surface area contributed by atoms with Gasteiger partial charge in [0.2, 0.25) is 0 Å². The molecule has 4 nitrogen and oxygen atoms in total. The van der Waals surface area contributed by atoms with Crippen LogP contribution in [-0.2, 0) is 5.67 Å². The first kappa shape index (κ1) is 20.7. The molecule has 152 valence electrons. The molecule has 0 bridgehead atoms. The van der Waals surface area contributed by atoms with Gasteiger partial charge in [0.15, 0.2) is 0 Å². The number of hydrogen-bond donors (Lipinski definition) is 1. The second-order valence-corrected chi connectivity index (χ2v) is 9.95. The fraction of sp³-hybridized carbons (Fsp3) is 0.300. The zero-order chi connectivity index (χ0) is 20.9. The van der Waals surface area contributed by atoms with Crippen molar-refractivity contribution in [1.29, 1.82) is 0 Å². The van der Waals surface area contributed by atoms with Gasteiger partial charge in [-0.2, -0.15) is 5.10 Å². The molecule has 0 spiro atoms. The van der Waals surface area contributed by atoms with Crippen molar-refractivity contribution in [3.63, 3.8) is 0 Å². The summed E-state index contributed by atoms with van der Waals surface area (Å²) in [5.41, 5.74) is 0.509. The molecule has 1 aliphatic carbocycles. The van der Waals surface area contributed by atoms with Crippen LogP contribution < -0.4 is 5.32 Å².